The number of hydrazine groups is 1. The maximum absolute atomic E-state index is 11.6. The number of para-hydroxylation sites is 1. The van der Waals surface area contributed by atoms with Crippen LogP contribution < -0.4 is 16.2 Å². The van der Waals surface area contributed by atoms with E-state index < -0.39 is 0 Å². The van der Waals surface area contributed by atoms with Crippen LogP contribution in [0.3, 0.4) is 0 Å². The minimum absolute atomic E-state index is 0.142. The van der Waals surface area contributed by atoms with Gasteiger partial charge in [-0.15, -0.1) is 0 Å². The molecule has 3 aromatic rings. The van der Waals surface area contributed by atoms with Crippen LogP contribution in [0.2, 0.25) is 0 Å². The van der Waals surface area contributed by atoms with Crippen LogP contribution in [0.15, 0.2) is 60.8 Å². The standard InChI is InChI=1S/C23H28N4O/c1-2-14-26-27-23(28)12-11-18-7-9-19(10-8-18)16-24-15-13-20-17-25-22-6-4-3-5-21(20)22/h3-12,17,24-26H,2,13-16H2,1H3,(H,27,28)/b12-11+. The van der Waals surface area contributed by atoms with Gasteiger partial charge in [0.05, 0.1) is 0 Å². The van der Waals surface area contributed by atoms with Crippen molar-refractivity contribution in [2.24, 2.45) is 0 Å². The van der Waals surface area contributed by atoms with E-state index in [1.165, 1.54) is 28.1 Å². The van der Waals surface area contributed by atoms with E-state index in [1.807, 2.05) is 25.1 Å². The van der Waals surface area contributed by atoms with E-state index >= 15 is 0 Å². The van der Waals surface area contributed by atoms with Crippen molar-refractivity contribution in [3.05, 3.63) is 77.5 Å². The lowest BCUT2D eigenvalue weighted by Gasteiger charge is -2.05. The molecule has 0 spiro atoms. The molecule has 0 radical (unpaired) electrons. The van der Waals surface area contributed by atoms with E-state index in [2.05, 4.69) is 63.7 Å². The molecule has 0 unspecified atom stereocenters. The highest BCUT2D eigenvalue weighted by Crippen LogP contribution is 2.17. The monoisotopic (exact) mass is 376 g/mol. The number of nitrogens with one attached hydrogen (secondary N) is 4. The lowest BCUT2D eigenvalue weighted by Crippen LogP contribution is -2.36. The molecule has 0 bridgehead atoms. The molecule has 4 N–H and O–H groups in total. The Kier molecular flexibility index (Phi) is 7.41. The number of amides is 1. The highest BCUT2D eigenvalue weighted by Gasteiger charge is 2.02. The molecule has 3 rings (SSSR count). The third kappa shape index (κ3) is 5.81. The summed E-state index contributed by atoms with van der Waals surface area (Å²) < 4.78 is 0. The number of aromatic amines is 1. The molecule has 0 aliphatic heterocycles. The van der Waals surface area contributed by atoms with Crippen LogP contribution in [0, 0.1) is 0 Å². The molecule has 28 heavy (non-hydrogen) atoms. The van der Waals surface area contributed by atoms with Gasteiger partial charge in [-0.1, -0.05) is 49.4 Å². The van der Waals surface area contributed by atoms with E-state index in [-0.39, 0.29) is 5.91 Å². The molecule has 1 aromatic heterocycles. The van der Waals surface area contributed by atoms with Crippen LogP contribution in [0.1, 0.15) is 30.0 Å². The summed E-state index contributed by atoms with van der Waals surface area (Å²) in [6, 6.07) is 16.6. The third-order valence-corrected chi connectivity index (χ3v) is 4.57. The number of fused-ring (bicyclic) bond motifs is 1. The molecule has 1 amide bonds. The zero-order valence-electron chi connectivity index (χ0n) is 16.3. The SMILES string of the molecule is CCCNNC(=O)/C=C/c1ccc(CNCCc2c[nH]c3ccccc23)cc1. The number of carbonyl (C=O) groups excluding carboxylic acids is 1. The first-order valence-electron chi connectivity index (χ1n) is 9.82. The molecule has 0 saturated heterocycles. The topological polar surface area (TPSA) is 68.9 Å². The molecular formula is C23H28N4O. The van der Waals surface area contributed by atoms with E-state index in [0.717, 1.165) is 38.0 Å². The summed E-state index contributed by atoms with van der Waals surface area (Å²) in [4.78, 5) is 15.0. The van der Waals surface area contributed by atoms with Crippen molar-refractivity contribution in [2.45, 2.75) is 26.3 Å². The first kappa shape index (κ1) is 19.9. The van der Waals surface area contributed by atoms with Gasteiger partial charge in [0.2, 0.25) is 0 Å². The van der Waals surface area contributed by atoms with Crippen molar-refractivity contribution in [1.82, 2.24) is 21.2 Å². The molecule has 0 aliphatic carbocycles. The van der Waals surface area contributed by atoms with Gasteiger partial charge >= 0.3 is 0 Å². The number of benzene rings is 2. The fraction of sp³-hybridized carbons (Fsp3) is 0.261. The van der Waals surface area contributed by atoms with E-state index in [1.54, 1.807) is 0 Å². The zero-order valence-corrected chi connectivity index (χ0v) is 16.3. The molecule has 0 aliphatic rings. The fourth-order valence-corrected chi connectivity index (χ4v) is 3.03. The summed E-state index contributed by atoms with van der Waals surface area (Å²) in [5, 5.41) is 4.80. The van der Waals surface area contributed by atoms with Gasteiger partial charge in [-0.2, -0.15) is 0 Å². The molecular weight excluding hydrogens is 348 g/mol. The Labute approximate surface area is 166 Å². The van der Waals surface area contributed by atoms with Crippen molar-refractivity contribution in [1.29, 1.82) is 0 Å². The molecule has 146 valence electrons. The van der Waals surface area contributed by atoms with Crippen LogP contribution >= 0.6 is 0 Å². The minimum Gasteiger partial charge on any atom is -0.361 e. The lowest BCUT2D eigenvalue weighted by molar-refractivity contribution is -0.117. The van der Waals surface area contributed by atoms with Crippen LogP contribution in [-0.4, -0.2) is 24.0 Å². The van der Waals surface area contributed by atoms with Gasteiger partial charge in [0.1, 0.15) is 0 Å². The van der Waals surface area contributed by atoms with Gasteiger partial charge in [-0.05, 0) is 48.2 Å². The van der Waals surface area contributed by atoms with Crippen LogP contribution in [0.25, 0.3) is 17.0 Å². The Bertz CT molecular complexity index is 912. The summed E-state index contributed by atoms with van der Waals surface area (Å²) in [5.74, 6) is -0.142. The van der Waals surface area contributed by atoms with Gasteiger partial charge < -0.3 is 10.3 Å². The van der Waals surface area contributed by atoms with Crippen molar-refractivity contribution in [3.8, 4) is 0 Å². The Morgan fingerprint density at radius 1 is 1.07 bits per heavy atom. The molecule has 5 nitrogen and oxygen atoms in total. The van der Waals surface area contributed by atoms with Crippen molar-refractivity contribution < 1.29 is 4.79 Å². The van der Waals surface area contributed by atoms with Crippen LogP contribution in [0.5, 0.6) is 0 Å². The summed E-state index contributed by atoms with van der Waals surface area (Å²) in [7, 11) is 0. The number of hydrogen-bond donors (Lipinski definition) is 4. The second-order valence-corrected chi connectivity index (χ2v) is 6.78. The maximum atomic E-state index is 11.6. The molecule has 2 aromatic carbocycles. The van der Waals surface area contributed by atoms with Crippen LogP contribution in [-0.2, 0) is 17.8 Å². The predicted octanol–water partition coefficient (Wildman–Crippen LogP) is 3.54. The molecule has 5 heteroatoms. The minimum atomic E-state index is -0.142. The maximum Gasteiger partial charge on any atom is 0.258 e. The molecule has 0 atom stereocenters. The average Bonchev–Trinajstić information content (AvgIpc) is 3.14. The Balaban J connectivity index is 1.41. The first-order chi connectivity index (χ1) is 13.8. The smallest absolute Gasteiger partial charge is 0.258 e. The van der Waals surface area contributed by atoms with Crippen LogP contribution in [0.4, 0.5) is 0 Å². The normalized spacial score (nSPS) is 11.3. The molecule has 0 fully saturated rings. The number of H-pyrrole nitrogens is 1. The highest BCUT2D eigenvalue weighted by atomic mass is 16.2. The molecule has 0 saturated carbocycles. The summed E-state index contributed by atoms with van der Waals surface area (Å²) >= 11 is 0. The highest BCUT2D eigenvalue weighted by molar-refractivity contribution is 5.91. The van der Waals surface area contributed by atoms with Gasteiger partial charge in [0.25, 0.3) is 5.91 Å². The van der Waals surface area contributed by atoms with Gasteiger partial charge in [0.15, 0.2) is 0 Å². The lowest BCUT2D eigenvalue weighted by atomic mass is 10.1. The Morgan fingerprint density at radius 2 is 1.89 bits per heavy atom. The fourth-order valence-electron chi connectivity index (χ4n) is 3.03. The van der Waals surface area contributed by atoms with Crippen molar-refractivity contribution in [3.63, 3.8) is 0 Å². The van der Waals surface area contributed by atoms with E-state index in [0.29, 0.717) is 0 Å². The number of aromatic nitrogens is 1. The van der Waals surface area contributed by atoms with E-state index in [9.17, 15) is 4.79 Å². The predicted molar refractivity (Wildman–Crippen MR) is 116 cm³/mol. The summed E-state index contributed by atoms with van der Waals surface area (Å²) in [6.45, 7) is 4.57. The second kappa shape index (κ2) is 10.4. The molecule has 1 heterocycles. The first-order valence-corrected chi connectivity index (χ1v) is 9.82. The van der Waals surface area contributed by atoms with Gasteiger partial charge in [-0.25, -0.2) is 5.43 Å². The zero-order chi connectivity index (χ0) is 19.6. The number of rotatable bonds is 10. The average molecular weight is 377 g/mol. The Morgan fingerprint density at radius 3 is 2.71 bits per heavy atom. The van der Waals surface area contributed by atoms with Gasteiger partial charge in [0, 0.05) is 36.3 Å². The second-order valence-electron chi connectivity index (χ2n) is 6.78. The quantitative estimate of drug-likeness (QED) is 0.248. The van der Waals surface area contributed by atoms with Crippen molar-refractivity contribution >= 4 is 22.9 Å². The third-order valence-electron chi connectivity index (χ3n) is 4.57. The van der Waals surface area contributed by atoms with Gasteiger partial charge in [-0.3, -0.25) is 10.2 Å². The summed E-state index contributed by atoms with van der Waals surface area (Å²) in [6.07, 6.45) is 7.42. The van der Waals surface area contributed by atoms with E-state index in [4.69, 9.17) is 0 Å². The number of carbonyl (C=O) groups is 1. The largest absolute Gasteiger partial charge is 0.361 e. The number of hydrogen-bond acceptors (Lipinski definition) is 3. The summed E-state index contributed by atoms with van der Waals surface area (Å²) in [5.41, 5.74) is 10.3. The van der Waals surface area contributed by atoms with Crippen molar-refractivity contribution in [2.75, 3.05) is 13.1 Å². The Hall–Kier alpha value is -2.89.